The predicted molar refractivity (Wildman–Crippen MR) is 81.0 cm³/mol. The Morgan fingerprint density at radius 1 is 1.22 bits per heavy atom. The van der Waals surface area contributed by atoms with E-state index in [1.54, 1.807) is 0 Å². The summed E-state index contributed by atoms with van der Waals surface area (Å²) in [5.74, 6) is 0.784. The Kier molecular flexibility index (Phi) is 7.92. The second kappa shape index (κ2) is 8.92. The van der Waals surface area contributed by atoms with Crippen LogP contribution in [-0.2, 0) is 0 Å². The monoisotopic (exact) mass is 254 g/mol. The fourth-order valence-electron chi connectivity index (χ4n) is 2.92. The number of nitrogens with one attached hydrogen (secondary N) is 1. The van der Waals surface area contributed by atoms with E-state index in [0.29, 0.717) is 6.04 Å². The van der Waals surface area contributed by atoms with Gasteiger partial charge in [-0.1, -0.05) is 40.0 Å². The second-order valence-corrected chi connectivity index (χ2v) is 6.14. The normalized spacial score (nSPS) is 25.7. The molecule has 0 aliphatic carbocycles. The Hall–Kier alpha value is -0.0800. The van der Waals surface area contributed by atoms with Crippen molar-refractivity contribution in [3.8, 4) is 0 Å². The molecule has 1 N–H and O–H groups in total. The molecule has 1 aliphatic rings. The van der Waals surface area contributed by atoms with Crippen molar-refractivity contribution in [3.05, 3.63) is 0 Å². The number of nitrogens with zero attached hydrogens (tertiary/aromatic N) is 1. The van der Waals surface area contributed by atoms with E-state index in [0.717, 1.165) is 18.5 Å². The first kappa shape index (κ1) is 16.0. The Morgan fingerprint density at radius 2 is 2.00 bits per heavy atom. The minimum absolute atomic E-state index is 0.676. The summed E-state index contributed by atoms with van der Waals surface area (Å²) in [6.45, 7) is 13.1. The molecule has 0 saturated carbocycles. The summed E-state index contributed by atoms with van der Waals surface area (Å²) in [5.41, 5.74) is 0. The van der Waals surface area contributed by atoms with E-state index < -0.39 is 0 Å². The smallest absolute Gasteiger partial charge is 0.0220 e. The lowest BCUT2D eigenvalue weighted by molar-refractivity contribution is 0.169. The maximum Gasteiger partial charge on any atom is 0.0220 e. The molecule has 1 saturated heterocycles. The van der Waals surface area contributed by atoms with E-state index in [1.165, 1.54) is 51.6 Å². The van der Waals surface area contributed by atoms with Crippen LogP contribution in [0.1, 0.15) is 66.2 Å². The van der Waals surface area contributed by atoms with Gasteiger partial charge in [0.2, 0.25) is 0 Å². The number of rotatable bonds is 7. The highest BCUT2D eigenvalue weighted by molar-refractivity contribution is 4.80. The lowest BCUT2D eigenvalue weighted by Gasteiger charge is -2.34. The van der Waals surface area contributed by atoms with Crippen molar-refractivity contribution in [2.75, 3.05) is 19.6 Å². The van der Waals surface area contributed by atoms with E-state index in [9.17, 15) is 0 Å². The molecule has 1 fully saturated rings. The van der Waals surface area contributed by atoms with Gasteiger partial charge in [-0.15, -0.1) is 0 Å². The summed E-state index contributed by atoms with van der Waals surface area (Å²) in [6, 6.07) is 1.46. The van der Waals surface area contributed by atoms with Crippen molar-refractivity contribution in [2.45, 2.75) is 78.3 Å². The van der Waals surface area contributed by atoms with Gasteiger partial charge in [0.15, 0.2) is 0 Å². The minimum atomic E-state index is 0.676. The van der Waals surface area contributed by atoms with Crippen LogP contribution in [0.3, 0.4) is 0 Å². The molecule has 108 valence electrons. The average Bonchev–Trinajstić information content (AvgIpc) is 2.58. The first-order valence-corrected chi connectivity index (χ1v) is 8.16. The van der Waals surface area contributed by atoms with Crippen LogP contribution in [0.5, 0.6) is 0 Å². The van der Waals surface area contributed by atoms with Crippen molar-refractivity contribution >= 4 is 0 Å². The highest BCUT2D eigenvalue weighted by atomic mass is 15.2. The summed E-state index contributed by atoms with van der Waals surface area (Å²) >= 11 is 0. The van der Waals surface area contributed by atoms with E-state index in [-0.39, 0.29) is 0 Å². The molecule has 0 amide bonds. The molecule has 1 rings (SSSR count). The first-order valence-electron chi connectivity index (χ1n) is 8.16. The second-order valence-electron chi connectivity index (χ2n) is 6.14. The first-order chi connectivity index (χ1) is 8.69. The third-order valence-electron chi connectivity index (χ3n) is 4.61. The van der Waals surface area contributed by atoms with E-state index in [1.807, 2.05) is 0 Å². The molecule has 3 atom stereocenters. The third-order valence-corrected chi connectivity index (χ3v) is 4.61. The largest absolute Gasteiger partial charge is 0.312 e. The SMILES string of the molecule is CCCNC(CN1CCCCCC1C)C(C)CC. The molecule has 0 aromatic carbocycles. The lowest BCUT2D eigenvalue weighted by Crippen LogP contribution is -2.47. The molecular formula is C16H34N2. The molecule has 0 radical (unpaired) electrons. The zero-order valence-corrected chi connectivity index (χ0v) is 13.0. The van der Waals surface area contributed by atoms with Crippen LogP contribution in [-0.4, -0.2) is 36.6 Å². The molecule has 2 heteroatoms. The minimum Gasteiger partial charge on any atom is -0.312 e. The average molecular weight is 254 g/mol. The van der Waals surface area contributed by atoms with Gasteiger partial charge in [-0.05, 0) is 45.2 Å². The van der Waals surface area contributed by atoms with Crippen molar-refractivity contribution in [2.24, 2.45) is 5.92 Å². The molecule has 0 spiro atoms. The van der Waals surface area contributed by atoms with Gasteiger partial charge in [0.1, 0.15) is 0 Å². The van der Waals surface area contributed by atoms with Crippen LogP contribution in [0, 0.1) is 5.92 Å². The van der Waals surface area contributed by atoms with Crippen LogP contribution in [0.15, 0.2) is 0 Å². The third kappa shape index (κ3) is 5.27. The quantitative estimate of drug-likeness (QED) is 0.746. The molecular weight excluding hydrogens is 220 g/mol. The Bertz CT molecular complexity index is 205. The number of hydrogen-bond acceptors (Lipinski definition) is 2. The van der Waals surface area contributed by atoms with Crippen LogP contribution < -0.4 is 5.32 Å². The standard InChI is InChI=1S/C16H34N2/c1-5-11-17-16(14(3)6-2)13-18-12-9-7-8-10-15(18)4/h14-17H,5-13H2,1-4H3. The molecule has 0 bridgehead atoms. The van der Waals surface area contributed by atoms with E-state index in [2.05, 4.69) is 37.9 Å². The molecule has 3 unspecified atom stereocenters. The predicted octanol–water partition coefficient (Wildman–Crippen LogP) is 3.67. The number of likely N-dealkylation sites (tertiary alicyclic amines) is 1. The van der Waals surface area contributed by atoms with Crippen LogP contribution in [0.4, 0.5) is 0 Å². The zero-order chi connectivity index (χ0) is 13.4. The van der Waals surface area contributed by atoms with Crippen molar-refractivity contribution < 1.29 is 0 Å². The molecule has 0 aromatic heterocycles. The Labute approximate surface area is 115 Å². The van der Waals surface area contributed by atoms with Gasteiger partial charge in [0, 0.05) is 18.6 Å². The van der Waals surface area contributed by atoms with E-state index >= 15 is 0 Å². The fourth-order valence-corrected chi connectivity index (χ4v) is 2.92. The summed E-state index contributed by atoms with van der Waals surface area (Å²) in [4.78, 5) is 2.73. The fraction of sp³-hybridized carbons (Fsp3) is 1.00. The Morgan fingerprint density at radius 3 is 2.67 bits per heavy atom. The summed E-state index contributed by atoms with van der Waals surface area (Å²) in [7, 11) is 0. The van der Waals surface area contributed by atoms with Gasteiger partial charge in [0.05, 0.1) is 0 Å². The van der Waals surface area contributed by atoms with Gasteiger partial charge >= 0.3 is 0 Å². The van der Waals surface area contributed by atoms with Crippen molar-refractivity contribution in [1.29, 1.82) is 0 Å². The highest BCUT2D eigenvalue weighted by Crippen LogP contribution is 2.18. The van der Waals surface area contributed by atoms with Gasteiger partial charge in [0.25, 0.3) is 0 Å². The lowest BCUT2D eigenvalue weighted by atomic mass is 9.97. The molecule has 1 heterocycles. The summed E-state index contributed by atoms with van der Waals surface area (Å²) in [5, 5.41) is 3.77. The summed E-state index contributed by atoms with van der Waals surface area (Å²) < 4.78 is 0. The molecule has 2 nitrogen and oxygen atoms in total. The maximum atomic E-state index is 3.77. The van der Waals surface area contributed by atoms with Crippen molar-refractivity contribution in [3.63, 3.8) is 0 Å². The zero-order valence-electron chi connectivity index (χ0n) is 13.0. The summed E-state index contributed by atoms with van der Waals surface area (Å²) in [6.07, 6.45) is 8.16. The molecule has 18 heavy (non-hydrogen) atoms. The van der Waals surface area contributed by atoms with Gasteiger partial charge in [-0.2, -0.15) is 0 Å². The van der Waals surface area contributed by atoms with Crippen molar-refractivity contribution in [1.82, 2.24) is 10.2 Å². The van der Waals surface area contributed by atoms with Crippen LogP contribution in [0.2, 0.25) is 0 Å². The molecule has 1 aliphatic heterocycles. The maximum absolute atomic E-state index is 3.77. The topological polar surface area (TPSA) is 15.3 Å². The highest BCUT2D eigenvalue weighted by Gasteiger charge is 2.23. The Balaban J connectivity index is 2.50. The van der Waals surface area contributed by atoms with E-state index in [4.69, 9.17) is 0 Å². The van der Waals surface area contributed by atoms with Gasteiger partial charge in [-0.25, -0.2) is 0 Å². The van der Waals surface area contributed by atoms with Gasteiger partial charge in [-0.3, -0.25) is 4.90 Å². The van der Waals surface area contributed by atoms with Crippen LogP contribution >= 0.6 is 0 Å². The van der Waals surface area contributed by atoms with Crippen LogP contribution in [0.25, 0.3) is 0 Å². The van der Waals surface area contributed by atoms with Gasteiger partial charge < -0.3 is 5.32 Å². The molecule has 0 aromatic rings. The number of hydrogen-bond donors (Lipinski definition) is 1.